The number of rotatable bonds is 4. The summed E-state index contributed by atoms with van der Waals surface area (Å²) in [5, 5.41) is 0. The number of hydrogen-bond acceptors (Lipinski definition) is 1. The van der Waals surface area contributed by atoms with Gasteiger partial charge in [-0.15, -0.1) is 0 Å². The standard InChI is InChI=1S/C15H16O/c1-2-12-16-15-10-8-14(9-11-15)13-6-4-3-5-7-13/h3-11H,2,12H2,1H3. The molecule has 82 valence electrons. The predicted octanol–water partition coefficient (Wildman–Crippen LogP) is 4.14. The Morgan fingerprint density at radius 1 is 0.812 bits per heavy atom. The Labute approximate surface area is 96.7 Å². The molecule has 0 aliphatic carbocycles. The molecule has 0 amide bonds. The quantitative estimate of drug-likeness (QED) is 0.740. The molecule has 0 aliphatic heterocycles. The van der Waals surface area contributed by atoms with E-state index in [4.69, 9.17) is 4.74 Å². The highest BCUT2D eigenvalue weighted by molar-refractivity contribution is 5.63. The van der Waals surface area contributed by atoms with E-state index in [1.807, 2.05) is 18.2 Å². The molecular formula is C15H16O. The Balaban J connectivity index is 2.13. The second-order valence-corrected chi connectivity index (χ2v) is 3.74. The van der Waals surface area contributed by atoms with Gasteiger partial charge >= 0.3 is 0 Å². The molecule has 0 atom stereocenters. The van der Waals surface area contributed by atoms with Crippen molar-refractivity contribution < 1.29 is 4.74 Å². The van der Waals surface area contributed by atoms with Crippen molar-refractivity contribution in [3.8, 4) is 16.9 Å². The maximum atomic E-state index is 5.55. The summed E-state index contributed by atoms with van der Waals surface area (Å²) in [6, 6.07) is 18.6. The molecule has 2 rings (SSSR count). The molecule has 16 heavy (non-hydrogen) atoms. The van der Waals surface area contributed by atoms with Gasteiger partial charge in [0.1, 0.15) is 5.75 Å². The van der Waals surface area contributed by atoms with E-state index in [9.17, 15) is 0 Å². The summed E-state index contributed by atoms with van der Waals surface area (Å²) in [7, 11) is 0. The average Bonchev–Trinajstić information content (AvgIpc) is 2.38. The van der Waals surface area contributed by atoms with Gasteiger partial charge in [-0.05, 0) is 29.7 Å². The Morgan fingerprint density at radius 3 is 2.06 bits per heavy atom. The van der Waals surface area contributed by atoms with Crippen LogP contribution < -0.4 is 4.74 Å². The molecule has 0 aliphatic rings. The Kier molecular flexibility index (Phi) is 3.60. The maximum absolute atomic E-state index is 5.55. The third kappa shape index (κ3) is 2.63. The van der Waals surface area contributed by atoms with Gasteiger partial charge in [0.2, 0.25) is 0 Å². The zero-order chi connectivity index (χ0) is 11.2. The topological polar surface area (TPSA) is 9.23 Å². The first kappa shape index (κ1) is 10.7. The van der Waals surface area contributed by atoms with E-state index < -0.39 is 0 Å². The third-order valence-corrected chi connectivity index (χ3v) is 2.43. The highest BCUT2D eigenvalue weighted by atomic mass is 16.5. The molecule has 1 heteroatoms. The molecule has 1 nitrogen and oxygen atoms in total. The summed E-state index contributed by atoms with van der Waals surface area (Å²) in [5.41, 5.74) is 2.47. The molecule has 0 saturated carbocycles. The fourth-order valence-electron chi connectivity index (χ4n) is 1.59. The van der Waals surface area contributed by atoms with Crippen LogP contribution in [-0.4, -0.2) is 6.61 Å². The monoisotopic (exact) mass is 212 g/mol. The van der Waals surface area contributed by atoms with Gasteiger partial charge in [0, 0.05) is 0 Å². The molecular weight excluding hydrogens is 196 g/mol. The van der Waals surface area contributed by atoms with Crippen molar-refractivity contribution in [2.45, 2.75) is 13.3 Å². The molecule has 2 aromatic carbocycles. The molecule has 0 unspecified atom stereocenters. The zero-order valence-electron chi connectivity index (χ0n) is 9.52. The van der Waals surface area contributed by atoms with Crippen molar-refractivity contribution in [1.29, 1.82) is 0 Å². The normalized spacial score (nSPS) is 10.1. The SMILES string of the molecule is CCCOc1ccc(-c2ccccc2)cc1. The van der Waals surface area contributed by atoms with Crippen molar-refractivity contribution in [1.82, 2.24) is 0 Å². The van der Waals surface area contributed by atoms with Gasteiger partial charge in [-0.1, -0.05) is 49.4 Å². The molecule has 0 aromatic heterocycles. The average molecular weight is 212 g/mol. The summed E-state index contributed by atoms with van der Waals surface area (Å²) in [6.45, 7) is 2.89. The van der Waals surface area contributed by atoms with Crippen molar-refractivity contribution in [2.24, 2.45) is 0 Å². The fourth-order valence-corrected chi connectivity index (χ4v) is 1.59. The van der Waals surface area contributed by atoms with Crippen LogP contribution in [0.5, 0.6) is 5.75 Å². The van der Waals surface area contributed by atoms with Gasteiger partial charge in [0.25, 0.3) is 0 Å². The van der Waals surface area contributed by atoms with Crippen LogP contribution in [0.3, 0.4) is 0 Å². The summed E-state index contributed by atoms with van der Waals surface area (Å²) in [6.07, 6.45) is 1.04. The molecule has 0 fully saturated rings. The predicted molar refractivity (Wildman–Crippen MR) is 67.7 cm³/mol. The second-order valence-electron chi connectivity index (χ2n) is 3.74. The molecule has 0 N–H and O–H groups in total. The minimum absolute atomic E-state index is 0.782. The second kappa shape index (κ2) is 5.36. The highest BCUT2D eigenvalue weighted by Crippen LogP contribution is 2.21. The molecule has 0 saturated heterocycles. The Hall–Kier alpha value is -1.76. The van der Waals surface area contributed by atoms with E-state index in [0.29, 0.717) is 0 Å². The zero-order valence-corrected chi connectivity index (χ0v) is 9.52. The van der Waals surface area contributed by atoms with E-state index in [2.05, 4.69) is 43.3 Å². The van der Waals surface area contributed by atoms with Gasteiger partial charge in [-0.25, -0.2) is 0 Å². The number of benzene rings is 2. The van der Waals surface area contributed by atoms with E-state index >= 15 is 0 Å². The van der Waals surface area contributed by atoms with Gasteiger partial charge < -0.3 is 4.74 Å². The van der Waals surface area contributed by atoms with Crippen molar-refractivity contribution in [2.75, 3.05) is 6.61 Å². The smallest absolute Gasteiger partial charge is 0.119 e. The first-order valence-corrected chi connectivity index (χ1v) is 5.68. The van der Waals surface area contributed by atoms with Crippen LogP contribution >= 0.6 is 0 Å². The lowest BCUT2D eigenvalue weighted by Gasteiger charge is -2.06. The van der Waals surface area contributed by atoms with Crippen molar-refractivity contribution in [3.63, 3.8) is 0 Å². The first-order chi connectivity index (χ1) is 7.90. The van der Waals surface area contributed by atoms with E-state index in [0.717, 1.165) is 18.8 Å². The van der Waals surface area contributed by atoms with Crippen molar-refractivity contribution >= 4 is 0 Å². The highest BCUT2D eigenvalue weighted by Gasteiger charge is 1.97. The van der Waals surface area contributed by atoms with E-state index in [-0.39, 0.29) is 0 Å². The fraction of sp³-hybridized carbons (Fsp3) is 0.200. The van der Waals surface area contributed by atoms with Crippen LogP contribution in [0.25, 0.3) is 11.1 Å². The van der Waals surface area contributed by atoms with Gasteiger partial charge in [0.05, 0.1) is 6.61 Å². The van der Waals surface area contributed by atoms with Crippen LogP contribution in [0.2, 0.25) is 0 Å². The summed E-state index contributed by atoms with van der Waals surface area (Å²) < 4.78 is 5.55. The first-order valence-electron chi connectivity index (χ1n) is 5.68. The van der Waals surface area contributed by atoms with Crippen LogP contribution in [0.4, 0.5) is 0 Å². The molecule has 0 radical (unpaired) electrons. The Morgan fingerprint density at radius 2 is 1.44 bits per heavy atom. The van der Waals surface area contributed by atoms with Crippen LogP contribution in [0, 0.1) is 0 Å². The van der Waals surface area contributed by atoms with E-state index in [1.165, 1.54) is 11.1 Å². The molecule has 0 spiro atoms. The summed E-state index contributed by atoms with van der Waals surface area (Å²) in [4.78, 5) is 0. The minimum Gasteiger partial charge on any atom is -0.494 e. The summed E-state index contributed by atoms with van der Waals surface area (Å²) >= 11 is 0. The third-order valence-electron chi connectivity index (χ3n) is 2.43. The summed E-state index contributed by atoms with van der Waals surface area (Å²) in [5.74, 6) is 0.946. The molecule has 0 bridgehead atoms. The maximum Gasteiger partial charge on any atom is 0.119 e. The largest absolute Gasteiger partial charge is 0.494 e. The van der Waals surface area contributed by atoms with Gasteiger partial charge in [0.15, 0.2) is 0 Å². The number of ether oxygens (including phenoxy) is 1. The van der Waals surface area contributed by atoms with Gasteiger partial charge in [-0.2, -0.15) is 0 Å². The number of hydrogen-bond donors (Lipinski definition) is 0. The van der Waals surface area contributed by atoms with Gasteiger partial charge in [-0.3, -0.25) is 0 Å². The van der Waals surface area contributed by atoms with Crippen LogP contribution in [0.15, 0.2) is 54.6 Å². The van der Waals surface area contributed by atoms with Crippen molar-refractivity contribution in [3.05, 3.63) is 54.6 Å². The lowest BCUT2D eigenvalue weighted by molar-refractivity contribution is 0.317. The minimum atomic E-state index is 0.782. The van der Waals surface area contributed by atoms with Crippen LogP contribution in [-0.2, 0) is 0 Å². The molecule has 2 aromatic rings. The Bertz CT molecular complexity index is 417. The molecule has 0 heterocycles. The lowest BCUT2D eigenvalue weighted by Crippen LogP contribution is -1.94. The lowest BCUT2D eigenvalue weighted by atomic mass is 10.1. The van der Waals surface area contributed by atoms with Crippen LogP contribution in [0.1, 0.15) is 13.3 Å². The van der Waals surface area contributed by atoms with E-state index in [1.54, 1.807) is 0 Å².